The Labute approximate surface area is 239 Å². The molecule has 1 fully saturated rings. The SMILES string of the molecule is Cc1cc(-c2nc3cc(CN=IC(C(=O)OCC(C)C)[C@@H](C)O)ccc3n2C[C@@H]2CCCOC2)cn(C)c1=O. The van der Waals surface area contributed by atoms with Crippen LogP contribution >= 0.6 is 21.0 Å². The van der Waals surface area contributed by atoms with Crippen molar-refractivity contribution >= 4 is 38.0 Å². The average Bonchev–Trinajstić information content (AvgIpc) is 3.25. The van der Waals surface area contributed by atoms with Gasteiger partial charge in [-0.05, 0) is 56.4 Å². The standard InChI is InChI=1S/C29H39IN4O5/c1-18(2)16-39-29(37)26(20(4)35)30-31-13-21-8-9-25-24(12-21)32-27(23-11-19(3)28(36)33(5)15-23)34(25)14-22-7-6-10-38-17-22/h8-9,11-12,15,18,20,22,26,35H,6-7,10,13-14,16-17H2,1-5H3/t20-,22+,26?/m1/s1. The lowest BCUT2D eigenvalue weighted by Gasteiger charge is -2.23. The van der Waals surface area contributed by atoms with Gasteiger partial charge in [0, 0.05) is 64.5 Å². The van der Waals surface area contributed by atoms with Gasteiger partial charge in [-0.1, -0.05) is 19.9 Å². The molecule has 0 bridgehead atoms. The molecule has 0 saturated carbocycles. The second kappa shape index (κ2) is 13.3. The van der Waals surface area contributed by atoms with E-state index < -0.39 is 31.1 Å². The van der Waals surface area contributed by atoms with E-state index in [0.717, 1.165) is 60.6 Å². The molecule has 39 heavy (non-hydrogen) atoms. The van der Waals surface area contributed by atoms with Crippen molar-refractivity contribution in [3.63, 3.8) is 0 Å². The molecule has 0 spiro atoms. The van der Waals surface area contributed by atoms with Crippen LogP contribution in [-0.2, 0) is 34.4 Å². The molecule has 1 N–H and O–H groups in total. The fourth-order valence-corrected chi connectivity index (χ4v) is 6.60. The summed E-state index contributed by atoms with van der Waals surface area (Å²) >= 11 is -0.957. The Morgan fingerprint density at radius 3 is 2.77 bits per heavy atom. The molecular weight excluding hydrogens is 611 g/mol. The van der Waals surface area contributed by atoms with Crippen LogP contribution in [-0.4, -0.2) is 55.0 Å². The maximum Gasteiger partial charge on any atom is 0.322 e. The lowest BCUT2D eigenvalue weighted by Crippen LogP contribution is -2.29. The van der Waals surface area contributed by atoms with Crippen molar-refractivity contribution in [2.45, 2.75) is 63.7 Å². The van der Waals surface area contributed by atoms with Crippen molar-refractivity contribution in [3.8, 4) is 11.4 Å². The molecule has 1 aliphatic rings. The highest BCUT2D eigenvalue weighted by Crippen LogP contribution is 2.29. The van der Waals surface area contributed by atoms with E-state index in [2.05, 4.69) is 16.7 Å². The largest absolute Gasteiger partial charge is 0.465 e. The van der Waals surface area contributed by atoms with Crippen LogP contribution in [0.15, 0.2) is 38.4 Å². The van der Waals surface area contributed by atoms with Gasteiger partial charge in [-0.15, -0.1) is 0 Å². The summed E-state index contributed by atoms with van der Waals surface area (Å²) in [6, 6.07) is 8.09. The van der Waals surface area contributed by atoms with Gasteiger partial charge in [0.2, 0.25) is 0 Å². The molecule has 4 rings (SSSR count). The number of ether oxygens (including phenoxy) is 2. The number of benzene rings is 1. The van der Waals surface area contributed by atoms with E-state index in [1.807, 2.05) is 39.1 Å². The highest BCUT2D eigenvalue weighted by molar-refractivity contribution is 14.2. The molecule has 0 radical (unpaired) electrons. The number of nitrogens with zero attached hydrogens (tertiary/aromatic N) is 4. The summed E-state index contributed by atoms with van der Waals surface area (Å²) in [7, 11) is 1.77. The summed E-state index contributed by atoms with van der Waals surface area (Å²) in [5.41, 5.74) is 4.45. The summed E-state index contributed by atoms with van der Waals surface area (Å²) in [5, 5.41) is 10.1. The molecule has 3 atom stereocenters. The monoisotopic (exact) mass is 650 g/mol. The fourth-order valence-electron chi connectivity index (χ4n) is 4.71. The number of carbonyl (C=O) groups excluding carboxylic acids is 1. The number of aliphatic hydroxyl groups is 1. The molecule has 3 heterocycles. The number of imidazole rings is 1. The summed E-state index contributed by atoms with van der Waals surface area (Å²) in [5.74, 6) is 1.10. The van der Waals surface area contributed by atoms with Crippen LogP contribution < -0.4 is 5.56 Å². The van der Waals surface area contributed by atoms with Crippen molar-refractivity contribution < 1.29 is 19.4 Å². The minimum absolute atomic E-state index is 0.0159. The maximum atomic E-state index is 12.5. The molecule has 10 heteroatoms. The number of esters is 1. The number of halogens is 1. The molecular formula is C29H39IN4O5. The second-order valence-electron chi connectivity index (χ2n) is 10.8. The zero-order chi connectivity index (χ0) is 28.1. The van der Waals surface area contributed by atoms with Crippen molar-refractivity contribution in [2.24, 2.45) is 22.0 Å². The Bertz CT molecular complexity index is 1360. The number of alkyl halides is 1. The van der Waals surface area contributed by atoms with E-state index in [4.69, 9.17) is 17.6 Å². The fraction of sp³-hybridized carbons (Fsp3) is 0.552. The normalized spacial score (nSPS) is 17.9. The molecule has 1 unspecified atom stereocenters. The second-order valence-corrected chi connectivity index (χ2v) is 13.4. The van der Waals surface area contributed by atoms with Gasteiger partial charge in [0.25, 0.3) is 5.56 Å². The molecule has 0 aliphatic carbocycles. The summed E-state index contributed by atoms with van der Waals surface area (Å²) in [6.45, 7) is 10.5. The predicted octanol–water partition coefficient (Wildman–Crippen LogP) is 4.74. The van der Waals surface area contributed by atoms with Crippen molar-refractivity contribution in [1.82, 2.24) is 14.1 Å². The third kappa shape index (κ3) is 7.40. The van der Waals surface area contributed by atoms with Gasteiger partial charge in [0.15, 0.2) is 0 Å². The number of aryl methyl sites for hydroxylation is 2. The first kappa shape index (κ1) is 29.5. The van der Waals surface area contributed by atoms with Gasteiger partial charge in [0.05, 0.1) is 36.9 Å². The van der Waals surface area contributed by atoms with E-state index >= 15 is 0 Å². The molecule has 1 aliphatic heterocycles. The first-order valence-electron chi connectivity index (χ1n) is 13.5. The Kier molecular flexibility index (Phi) is 10.1. The highest BCUT2D eigenvalue weighted by Gasteiger charge is 2.25. The summed E-state index contributed by atoms with van der Waals surface area (Å²) < 4.78 is 19.1. The molecule has 2 aromatic heterocycles. The zero-order valence-electron chi connectivity index (χ0n) is 23.4. The first-order chi connectivity index (χ1) is 18.6. The smallest absolute Gasteiger partial charge is 0.322 e. The minimum atomic E-state index is -0.957. The molecule has 9 nitrogen and oxygen atoms in total. The zero-order valence-corrected chi connectivity index (χ0v) is 25.6. The van der Waals surface area contributed by atoms with Gasteiger partial charge in [0.1, 0.15) is 9.75 Å². The van der Waals surface area contributed by atoms with Crippen molar-refractivity contribution in [3.05, 3.63) is 51.9 Å². The molecule has 1 aromatic carbocycles. The van der Waals surface area contributed by atoms with E-state index in [1.54, 1.807) is 18.5 Å². The quantitative estimate of drug-likeness (QED) is 0.193. The van der Waals surface area contributed by atoms with E-state index in [1.165, 1.54) is 0 Å². The van der Waals surface area contributed by atoms with Crippen LogP contribution in [0.1, 0.15) is 44.7 Å². The summed E-state index contributed by atoms with van der Waals surface area (Å²) in [6.07, 6.45) is 3.21. The maximum absolute atomic E-state index is 12.5. The van der Waals surface area contributed by atoms with Gasteiger partial charge in [-0.25, -0.2) is 4.98 Å². The number of aliphatic hydroxyl groups excluding tert-OH is 1. The number of hydrogen-bond donors (Lipinski definition) is 1. The number of rotatable bonds is 10. The van der Waals surface area contributed by atoms with Crippen molar-refractivity contribution in [1.29, 1.82) is 0 Å². The predicted molar refractivity (Wildman–Crippen MR) is 160 cm³/mol. The van der Waals surface area contributed by atoms with E-state index in [0.29, 0.717) is 24.6 Å². The number of fused-ring (bicyclic) bond motifs is 1. The van der Waals surface area contributed by atoms with Crippen LogP contribution in [0.2, 0.25) is 0 Å². The van der Waals surface area contributed by atoms with Crippen molar-refractivity contribution in [2.75, 3.05) is 19.8 Å². The third-order valence-corrected chi connectivity index (χ3v) is 9.64. The minimum Gasteiger partial charge on any atom is -0.465 e. The van der Waals surface area contributed by atoms with Crippen LogP contribution in [0.3, 0.4) is 0 Å². The Hall–Kier alpha value is -2.44. The number of hydrogen-bond acceptors (Lipinski definition) is 7. The Morgan fingerprint density at radius 1 is 1.31 bits per heavy atom. The van der Waals surface area contributed by atoms with Crippen LogP contribution in [0.25, 0.3) is 22.4 Å². The number of aromatic nitrogens is 3. The molecule has 1 saturated heterocycles. The van der Waals surface area contributed by atoms with Crippen LogP contribution in [0.5, 0.6) is 0 Å². The molecule has 3 aromatic rings. The van der Waals surface area contributed by atoms with Gasteiger partial charge in [-0.3, -0.25) is 12.7 Å². The molecule has 212 valence electrons. The van der Waals surface area contributed by atoms with Crippen LogP contribution in [0.4, 0.5) is 0 Å². The Morgan fingerprint density at radius 2 is 2.10 bits per heavy atom. The first-order valence-corrected chi connectivity index (χ1v) is 15.7. The number of carbonyl (C=O) groups is 1. The number of pyridine rings is 1. The summed E-state index contributed by atoms with van der Waals surface area (Å²) in [4.78, 5) is 29.8. The van der Waals surface area contributed by atoms with Gasteiger partial charge >= 0.3 is 5.97 Å². The van der Waals surface area contributed by atoms with E-state index in [-0.39, 0.29) is 17.4 Å². The Balaban J connectivity index is 1.63. The van der Waals surface area contributed by atoms with Crippen LogP contribution in [0, 0.1) is 18.8 Å². The van der Waals surface area contributed by atoms with Gasteiger partial charge < -0.3 is 23.7 Å². The average molecular weight is 651 g/mol. The van der Waals surface area contributed by atoms with E-state index in [9.17, 15) is 14.7 Å². The van der Waals surface area contributed by atoms with Gasteiger partial charge in [-0.2, -0.15) is 0 Å². The highest BCUT2D eigenvalue weighted by atomic mass is 127. The topological polar surface area (TPSA) is 108 Å². The lowest BCUT2D eigenvalue weighted by atomic mass is 10.0. The lowest BCUT2D eigenvalue weighted by molar-refractivity contribution is -0.145. The third-order valence-electron chi connectivity index (χ3n) is 6.75. The molecule has 0 amide bonds.